The standard InChI is InChI=1S/C28H29N3O4.C27H27N3O4/c1-18(29)22-6-3-5-19(15-22)16-24(28(34)35-2)25-7-4-14-31(25)27(33)21-10-8-20(9-11-21)23-12-13-26(32)30-17-23;1-17(28)21-5-2-4-18(14-21)15-23(27(33)34)24-6-3-13-30(24)26(32)20-9-7-19(8-10-20)22-11-12-25(31)29-16-22/h3,5-6,8-13,15,17,24-25,29H,4,7,14,16H2,1-2H3,(H,30,32);2,4-5,7-12,14,16,23-24,28H,3,6,13,15H2,1H3,(H,29,31)(H,33,34)/t24?,25-;23?,24-/m11/s1. The van der Waals surface area contributed by atoms with Crippen LogP contribution in [-0.4, -0.2) is 92.3 Å². The van der Waals surface area contributed by atoms with E-state index in [9.17, 15) is 33.9 Å². The van der Waals surface area contributed by atoms with Gasteiger partial charge in [-0.1, -0.05) is 60.7 Å². The monoisotopic (exact) mass is 928 g/mol. The zero-order chi connectivity index (χ0) is 49.2. The minimum atomic E-state index is -0.921. The number of aromatic nitrogens is 2. The Bertz CT molecular complexity index is 2940. The number of amides is 2. The Hall–Kier alpha value is -8.00. The van der Waals surface area contributed by atoms with Gasteiger partial charge in [0.15, 0.2) is 0 Å². The molecule has 4 heterocycles. The molecule has 2 aromatic heterocycles. The maximum Gasteiger partial charge on any atom is 0.311 e. The fourth-order valence-corrected chi connectivity index (χ4v) is 9.34. The average molecular weight is 929 g/mol. The van der Waals surface area contributed by atoms with Crippen LogP contribution in [0, 0.1) is 22.7 Å². The van der Waals surface area contributed by atoms with Gasteiger partial charge in [0.2, 0.25) is 11.1 Å². The Morgan fingerprint density at radius 3 is 1.38 bits per heavy atom. The van der Waals surface area contributed by atoms with E-state index in [2.05, 4.69) is 9.97 Å². The van der Waals surface area contributed by atoms with Crippen molar-refractivity contribution in [1.82, 2.24) is 19.8 Å². The number of carboxylic acids is 1. The Labute approximate surface area is 400 Å². The zero-order valence-electron chi connectivity index (χ0n) is 38.9. The Morgan fingerprint density at radius 1 is 0.594 bits per heavy atom. The van der Waals surface area contributed by atoms with Crippen LogP contribution in [-0.2, 0) is 27.2 Å². The lowest BCUT2D eigenvalue weighted by atomic mass is 9.89. The summed E-state index contributed by atoms with van der Waals surface area (Å²) >= 11 is 0. The lowest BCUT2D eigenvalue weighted by Crippen LogP contribution is -2.44. The van der Waals surface area contributed by atoms with E-state index in [1.54, 1.807) is 72.4 Å². The second kappa shape index (κ2) is 22.2. The molecule has 5 N–H and O–H groups in total. The second-order valence-corrected chi connectivity index (χ2v) is 17.6. The molecule has 4 atom stereocenters. The van der Waals surface area contributed by atoms with Crippen molar-refractivity contribution in [3.63, 3.8) is 0 Å². The van der Waals surface area contributed by atoms with E-state index in [4.69, 9.17) is 15.6 Å². The van der Waals surface area contributed by atoms with Gasteiger partial charge >= 0.3 is 11.9 Å². The van der Waals surface area contributed by atoms with Crippen molar-refractivity contribution in [3.8, 4) is 22.3 Å². The lowest BCUT2D eigenvalue weighted by molar-refractivity contribution is -0.147. The number of nitrogens with one attached hydrogen (secondary N) is 4. The molecular formula is C55H56N6O8. The van der Waals surface area contributed by atoms with Crippen LogP contribution in [0.3, 0.4) is 0 Å². The predicted octanol–water partition coefficient (Wildman–Crippen LogP) is 8.04. The molecule has 2 unspecified atom stereocenters. The molecule has 14 heteroatoms. The van der Waals surface area contributed by atoms with Gasteiger partial charge in [-0.25, -0.2) is 0 Å². The number of carboxylic acid groups (broad SMARTS) is 1. The summed E-state index contributed by atoms with van der Waals surface area (Å²) in [6, 6.07) is 35.2. The number of aromatic amines is 2. The molecule has 0 saturated carbocycles. The predicted molar refractivity (Wildman–Crippen MR) is 265 cm³/mol. The molecular weight excluding hydrogens is 873 g/mol. The number of likely N-dealkylation sites (tertiary alicyclic amines) is 2. The number of carbonyl (C=O) groups is 4. The molecule has 2 amide bonds. The van der Waals surface area contributed by atoms with Crippen molar-refractivity contribution in [3.05, 3.63) is 188 Å². The highest BCUT2D eigenvalue weighted by Crippen LogP contribution is 2.32. The molecule has 2 saturated heterocycles. The van der Waals surface area contributed by atoms with Crippen LogP contribution in [0.2, 0.25) is 0 Å². The van der Waals surface area contributed by atoms with Crippen molar-refractivity contribution < 1.29 is 29.0 Å². The number of hydrogen-bond donors (Lipinski definition) is 5. The van der Waals surface area contributed by atoms with E-state index in [1.807, 2.05) is 72.8 Å². The highest BCUT2D eigenvalue weighted by atomic mass is 16.5. The topological polar surface area (TPSA) is 218 Å². The molecule has 2 aliphatic heterocycles. The van der Waals surface area contributed by atoms with Gasteiger partial charge in [0.05, 0.1) is 18.9 Å². The van der Waals surface area contributed by atoms with Crippen molar-refractivity contribution in [1.29, 1.82) is 10.8 Å². The number of methoxy groups -OCH3 is 1. The van der Waals surface area contributed by atoms with Gasteiger partial charge < -0.3 is 40.4 Å². The number of benzene rings is 4. The third-order valence-corrected chi connectivity index (χ3v) is 13.0. The van der Waals surface area contributed by atoms with Gasteiger partial charge in [-0.3, -0.25) is 28.8 Å². The third kappa shape index (κ3) is 11.9. The van der Waals surface area contributed by atoms with Gasteiger partial charge in [0.25, 0.3) is 11.8 Å². The van der Waals surface area contributed by atoms with Crippen LogP contribution in [0.1, 0.15) is 82.5 Å². The first-order valence-electron chi connectivity index (χ1n) is 23.0. The van der Waals surface area contributed by atoms with Crippen molar-refractivity contribution >= 4 is 35.2 Å². The van der Waals surface area contributed by atoms with Crippen molar-refractivity contribution in [2.45, 2.75) is 64.5 Å². The summed E-state index contributed by atoms with van der Waals surface area (Å²) in [6.07, 6.45) is 6.96. The molecule has 0 spiro atoms. The molecule has 2 aliphatic rings. The smallest absolute Gasteiger partial charge is 0.311 e. The molecule has 354 valence electrons. The first kappa shape index (κ1) is 48.9. The second-order valence-electron chi connectivity index (χ2n) is 17.6. The summed E-state index contributed by atoms with van der Waals surface area (Å²) in [5.74, 6) is -2.76. The molecule has 4 aromatic carbocycles. The fraction of sp³-hybridized carbons (Fsp3) is 0.273. The number of esters is 1. The van der Waals surface area contributed by atoms with E-state index < -0.39 is 23.8 Å². The van der Waals surface area contributed by atoms with Crippen LogP contribution in [0.25, 0.3) is 22.3 Å². The minimum absolute atomic E-state index is 0.112. The first-order valence-corrected chi connectivity index (χ1v) is 23.0. The van der Waals surface area contributed by atoms with E-state index in [-0.39, 0.29) is 34.9 Å². The van der Waals surface area contributed by atoms with Gasteiger partial charge in [0, 0.05) is 72.2 Å². The minimum Gasteiger partial charge on any atom is -0.481 e. The molecule has 69 heavy (non-hydrogen) atoms. The maximum absolute atomic E-state index is 13.5. The lowest BCUT2D eigenvalue weighted by Gasteiger charge is -2.30. The summed E-state index contributed by atoms with van der Waals surface area (Å²) in [5, 5.41) is 25.8. The van der Waals surface area contributed by atoms with Crippen LogP contribution >= 0.6 is 0 Å². The SMILES string of the molecule is CC(=N)c1cccc(CC(C(=O)O)[C@H]2CCCN2C(=O)c2ccc(-c3ccc(=O)[nH]c3)cc2)c1.COC(=O)C(Cc1cccc(C(C)=N)c1)[C@H]1CCCN1C(=O)c1ccc(-c2ccc(=O)[nH]c2)cc1. The Morgan fingerprint density at radius 2 is 1.00 bits per heavy atom. The normalized spacial score (nSPS) is 16.2. The number of nitrogens with zero attached hydrogens (tertiary/aromatic N) is 2. The summed E-state index contributed by atoms with van der Waals surface area (Å²) in [7, 11) is 1.38. The molecule has 6 aromatic rings. The summed E-state index contributed by atoms with van der Waals surface area (Å²) < 4.78 is 5.14. The quantitative estimate of drug-likeness (QED) is 0.0531. The Balaban J connectivity index is 0.000000204. The molecule has 0 radical (unpaired) electrons. The largest absolute Gasteiger partial charge is 0.481 e. The fourth-order valence-electron chi connectivity index (χ4n) is 9.34. The molecule has 8 rings (SSSR count). The summed E-state index contributed by atoms with van der Waals surface area (Å²) in [6.45, 7) is 4.54. The van der Waals surface area contributed by atoms with Crippen LogP contribution in [0.15, 0.2) is 143 Å². The van der Waals surface area contributed by atoms with Gasteiger partial charge in [-0.15, -0.1) is 0 Å². The summed E-state index contributed by atoms with van der Waals surface area (Å²) in [5.41, 5.74) is 8.43. The van der Waals surface area contributed by atoms with Crippen molar-refractivity contribution in [2.75, 3.05) is 20.2 Å². The zero-order valence-corrected chi connectivity index (χ0v) is 38.9. The average Bonchev–Trinajstić information content (AvgIpc) is 4.06. The molecule has 0 aliphatic carbocycles. The number of H-pyrrole nitrogens is 2. The van der Waals surface area contributed by atoms with Gasteiger partial charge in [-0.2, -0.15) is 0 Å². The number of hydrogen-bond acceptors (Lipinski definition) is 9. The van der Waals surface area contributed by atoms with E-state index in [0.29, 0.717) is 54.9 Å². The number of ether oxygens (including phenoxy) is 1. The highest BCUT2D eigenvalue weighted by molar-refractivity contribution is 5.98. The van der Waals surface area contributed by atoms with E-state index in [0.717, 1.165) is 63.8 Å². The summed E-state index contributed by atoms with van der Waals surface area (Å²) in [4.78, 5) is 83.2. The number of carbonyl (C=O) groups excluding carboxylic acids is 3. The molecule has 0 bridgehead atoms. The number of pyridine rings is 2. The van der Waals surface area contributed by atoms with Crippen LogP contribution < -0.4 is 11.1 Å². The van der Waals surface area contributed by atoms with Crippen molar-refractivity contribution in [2.24, 2.45) is 11.8 Å². The van der Waals surface area contributed by atoms with Crippen LogP contribution in [0.5, 0.6) is 0 Å². The van der Waals surface area contributed by atoms with E-state index in [1.165, 1.54) is 19.2 Å². The molecule has 2 fully saturated rings. The number of aliphatic carboxylic acids is 1. The molecule has 14 nitrogen and oxygen atoms in total. The highest BCUT2D eigenvalue weighted by Gasteiger charge is 2.40. The van der Waals surface area contributed by atoms with Gasteiger partial charge in [-0.05, 0) is 145 Å². The van der Waals surface area contributed by atoms with Gasteiger partial charge in [0.1, 0.15) is 0 Å². The Kier molecular flexibility index (Phi) is 15.7. The van der Waals surface area contributed by atoms with E-state index >= 15 is 0 Å². The number of rotatable bonds is 14. The maximum atomic E-state index is 13.5. The van der Waals surface area contributed by atoms with Crippen LogP contribution in [0.4, 0.5) is 0 Å². The first-order chi connectivity index (χ1) is 33.2. The third-order valence-electron chi connectivity index (χ3n) is 13.0.